The topological polar surface area (TPSA) is 29.9 Å². The summed E-state index contributed by atoms with van der Waals surface area (Å²) in [5.74, 6) is -0.379. The lowest BCUT2D eigenvalue weighted by atomic mass is 10.0. The molecule has 0 radical (unpaired) electrons. The van der Waals surface area contributed by atoms with E-state index in [0.29, 0.717) is 6.42 Å². The number of halogens is 2. The zero-order valence-corrected chi connectivity index (χ0v) is 12.0. The van der Waals surface area contributed by atoms with Crippen LogP contribution in [-0.2, 0) is 13.5 Å². The highest BCUT2D eigenvalue weighted by Gasteiger charge is 2.17. The lowest BCUT2D eigenvalue weighted by Crippen LogP contribution is -2.21. The van der Waals surface area contributed by atoms with Crippen LogP contribution in [0.25, 0.3) is 0 Å². The van der Waals surface area contributed by atoms with Gasteiger partial charge in [0.15, 0.2) is 0 Å². The molecule has 0 fully saturated rings. The molecule has 102 valence electrons. The summed E-state index contributed by atoms with van der Waals surface area (Å²) < 4.78 is 15.3. The summed E-state index contributed by atoms with van der Waals surface area (Å²) in [6.45, 7) is 1.95. The minimum absolute atomic E-state index is 0.0468. The Labute approximate surface area is 117 Å². The molecule has 1 atom stereocenters. The Hall–Kier alpha value is -1.39. The maximum absolute atomic E-state index is 13.4. The highest BCUT2D eigenvalue weighted by Crippen LogP contribution is 2.25. The molecule has 2 rings (SSSR count). The van der Waals surface area contributed by atoms with Crippen molar-refractivity contribution in [3.05, 3.63) is 52.1 Å². The molecule has 0 saturated carbocycles. The molecule has 1 heterocycles. The van der Waals surface area contributed by atoms with Gasteiger partial charge in [-0.3, -0.25) is 4.68 Å². The first-order chi connectivity index (χ1) is 9.02. The Morgan fingerprint density at radius 1 is 1.47 bits per heavy atom. The van der Waals surface area contributed by atoms with Crippen LogP contribution in [0, 0.1) is 12.7 Å². The smallest absolute Gasteiger partial charge is 0.142 e. The normalized spacial score (nSPS) is 12.7. The highest BCUT2D eigenvalue weighted by molar-refractivity contribution is 6.31. The predicted octanol–water partition coefficient (Wildman–Crippen LogP) is 3.02. The number of hydrogen-bond donors (Lipinski definition) is 1. The van der Waals surface area contributed by atoms with Crippen molar-refractivity contribution in [2.75, 3.05) is 7.05 Å². The Balaban J connectivity index is 2.29. The van der Waals surface area contributed by atoms with E-state index in [1.807, 2.05) is 37.8 Å². The molecule has 1 N–H and O–H groups in total. The van der Waals surface area contributed by atoms with Gasteiger partial charge >= 0.3 is 0 Å². The molecule has 0 aliphatic carbocycles. The average molecular weight is 282 g/mol. The number of benzene rings is 1. The number of nitrogens with one attached hydrogen (secondary N) is 1. The highest BCUT2D eigenvalue weighted by atomic mass is 35.5. The third-order valence-electron chi connectivity index (χ3n) is 3.20. The summed E-state index contributed by atoms with van der Waals surface area (Å²) in [4.78, 5) is 0. The van der Waals surface area contributed by atoms with Crippen molar-refractivity contribution in [3.8, 4) is 0 Å². The second-order valence-electron chi connectivity index (χ2n) is 4.59. The van der Waals surface area contributed by atoms with Gasteiger partial charge in [0.1, 0.15) is 5.82 Å². The zero-order chi connectivity index (χ0) is 14.0. The Morgan fingerprint density at radius 2 is 2.21 bits per heavy atom. The van der Waals surface area contributed by atoms with E-state index in [2.05, 4.69) is 10.4 Å². The summed E-state index contributed by atoms with van der Waals surface area (Å²) in [6, 6.07) is 6.96. The SMILES string of the molecule is CNC(Cc1cccc(F)c1Cl)c1cc(C)nn1C. The van der Waals surface area contributed by atoms with Crippen molar-refractivity contribution >= 4 is 11.6 Å². The molecule has 1 unspecified atom stereocenters. The molecule has 19 heavy (non-hydrogen) atoms. The Bertz CT molecular complexity index is 580. The maximum atomic E-state index is 13.4. The lowest BCUT2D eigenvalue weighted by Gasteiger charge is -2.17. The van der Waals surface area contributed by atoms with E-state index in [1.165, 1.54) is 6.07 Å². The van der Waals surface area contributed by atoms with Gasteiger partial charge in [0.05, 0.1) is 22.5 Å². The van der Waals surface area contributed by atoms with Crippen molar-refractivity contribution in [3.63, 3.8) is 0 Å². The van der Waals surface area contributed by atoms with E-state index in [4.69, 9.17) is 11.6 Å². The van der Waals surface area contributed by atoms with E-state index in [0.717, 1.165) is 17.0 Å². The first-order valence-corrected chi connectivity index (χ1v) is 6.51. The van der Waals surface area contributed by atoms with Gasteiger partial charge < -0.3 is 5.32 Å². The molecule has 5 heteroatoms. The molecule has 0 aliphatic rings. The molecule has 0 spiro atoms. The number of likely N-dealkylation sites (N-methyl/N-ethyl adjacent to an activating group) is 1. The summed E-state index contributed by atoms with van der Waals surface area (Å²) in [6.07, 6.45) is 0.617. The minimum atomic E-state index is -0.379. The number of aromatic nitrogens is 2. The van der Waals surface area contributed by atoms with Crippen LogP contribution >= 0.6 is 11.6 Å². The molecule has 0 aliphatic heterocycles. The first kappa shape index (κ1) is 14.0. The van der Waals surface area contributed by atoms with Crippen LogP contribution in [0.2, 0.25) is 5.02 Å². The van der Waals surface area contributed by atoms with Crippen molar-refractivity contribution in [1.29, 1.82) is 0 Å². The molecule has 0 saturated heterocycles. The number of rotatable bonds is 4. The maximum Gasteiger partial charge on any atom is 0.142 e. The van der Waals surface area contributed by atoms with E-state index in [1.54, 1.807) is 6.07 Å². The Morgan fingerprint density at radius 3 is 2.79 bits per heavy atom. The number of nitrogens with zero attached hydrogens (tertiary/aromatic N) is 2. The van der Waals surface area contributed by atoms with Gasteiger partial charge in [0.2, 0.25) is 0 Å². The quantitative estimate of drug-likeness (QED) is 0.934. The van der Waals surface area contributed by atoms with E-state index < -0.39 is 0 Å². The molecule has 3 nitrogen and oxygen atoms in total. The van der Waals surface area contributed by atoms with Crippen molar-refractivity contribution < 1.29 is 4.39 Å². The largest absolute Gasteiger partial charge is 0.311 e. The van der Waals surface area contributed by atoms with Crippen LogP contribution in [0.3, 0.4) is 0 Å². The van der Waals surface area contributed by atoms with Gasteiger partial charge in [0, 0.05) is 7.05 Å². The van der Waals surface area contributed by atoms with E-state index in [9.17, 15) is 4.39 Å². The molecule has 2 aromatic rings. The number of hydrogen-bond acceptors (Lipinski definition) is 2. The summed E-state index contributed by atoms with van der Waals surface area (Å²) >= 11 is 6.00. The van der Waals surface area contributed by atoms with E-state index in [-0.39, 0.29) is 16.9 Å². The third kappa shape index (κ3) is 2.96. The number of aryl methyl sites for hydroxylation is 2. The molecular formula is C14H17ClFN3. The van der Waals surface area contributed by atoms with Gasteiger partial charge in [-0.2, -0.15) is 5.10 Å². The first-order valence-electron chi connectivity index (χ1n) is 6.13. The molecule has 0 bridgehead atoms. The third-order valence-corrected chi connectivity index (χ3v) is 3.62. The Kier molecular flexibility index (Phi) is 4.22. The zero-order valence-electron chi connectivity index (χ0n) is 11.2. The van der Waals surface area contributed by atoms with Crippen molar-refractivity contribution in [2.45, 2.75) is 19.4 Å². The summed E-state index contributed by atoms with van der Waals surface area (Å²) in [5, 5.41) is 7.75. The minimum Gasteiger partial charge on any atom is -0.311 e. The van der Waals surface area contributed by atoms with Crippen LogP contribution in [0.4, 0.5) is 4.39 Å². The van der Waals surface area contributed by atoms with Crippen LogP contribution in [-0.4, -0.2) is 16.8 Å². The van der Waals surface area contributed by atoms with Crippen LogP contribution in [0.1, 0.15) is 23.0 Å². The van der Waals surface area contributed by atoms with Gasteiger partial charge in [0.25, 0.3) is 0 Å². The van der Waals surface area contributed by atoms with Crippen LogP contribution < -0.4 is 5.32 Å². The van der Waals surface area contributed by atoms with Gasteiger partial charge in [-0.25, -0.2) is 4.39 Å². The fourth-order valence-electron chi connectivity index (χ4n) is 2.24. The summed E-state index contributed by atoms with van der Waals surface area (Å²) in [7, 11) is 3.78. The predicted molar refractivity (Wildman–Crippen MR) is 74.9 cm³/mol. The fraction of sp³-hybridized carbons (Fsp3) is 0.357. The van der Waals surface area contributed by atoms with Crippen LogP contribution in [0.5, 0.6) is 0 Å². The van der Waals surface area contributed by atoms with Crippen LogP contribution in [0.15, 0.2) is 24.3 Å². The monoisotopic (exact) mass is 281 g/mol. The van der Waals surface area contributed by atoms with Gasteiger partial charge in [-0.15, -0.1) is 0 Å². The van der Waals surface area contributed by atoms with Gasteiger partial charge in [-0.1, -0.05) is 23.7 Å². The van der Waals surface area contributed by atoms with E-state index >= 15 is 0 Å². The van der Waals surface area contributed by atoms with Crippen molar-refractivity contribution in [2.24, 2.45) is 7.05 Å². The fourth-order valence-corrected chi connectivity index (χ4v) is 2.44. The standard InChI is InChI=1S/C14H17ClFN3/c1-9-7-13(19(3)18-9)12(17-2)8-10-5-4-6-11(16)14(10)15/h4-7,12,17H,8H2,1-3H3. The van der Waals surface area contributed by atoms with Crippen molar-refractivity contribution in [1.82, 2.24) is 15.1 Å². The lowest BCUT2D eigenvalue weighted by molar-refractivity contribution is 0.535. The average Bonchev–Trinajstić information content (AvgIpc) is 2.70. The molecule has 1 aromatic heterocycles. The molecule has 0 amide bonds. The summed E-state index contributed by atoms with van der Waals surface area (Å²) in [5.41, 5.74) is 2.81. The molecule has 1 aromatic carbocycles. The second-order valence-corrected chi connectivity index (χ2v) is 4.97. The van der Waals surface area contributed by atoms with Gasteiger partial charge in [-0.05, 0) is 38.1 Å². The second kappa shape index (κ2) is 5.72. The molecular weight excluding hydrogens is 265 g/mol.